The van der Waals surface area contributed by atoms with E-state index in [9.17, 15) is 4.79 Å². The first-order valence-corrected chi connectivity index (χ1v) is 9.21. The van der Waals surface area contributed by atoms with Crippen molar-refractivity contribution >= 4 is 12.1 Å². The van der Waals surface area contributed by atoms with Gasteiger partial charge in [-0.2, -0.15) is 5.10 Å². The van der Waals surface area contributed by atoms with Crippen LogP contribution in [-0.2, 0) is 6.61 Å². The van der Waals surface area contributed by atoms with Crippen LogP contribution in [-0.4, -0.2) is 12.1 Å². The number of carbonyl (C=O) groups is 1. The third-order valence-electron chi connectivity index (χ3n) is 4.46. The van der Waals surface area contributed by atoms with Crippen LogP contribution in [0, 0.1) is 20.8 Å². The van der Waals surface area contributed by atoms with Crippen molar-refractivity contribution in [1.29, 1.82) is 0 Å². The molecule has 142 valence electrons. The number of benzene rings is 3. The Labute approximate surface area is 165 Å². The standard InChI is InChI=1S/C24H24N2O2/c1-17-13-18(2)23(19(3)14-17)15-25-26-24(27)21-9-11-22(12-10-21)28-16-20-7-5-4-6-8-20/h4-15H,16H2,1-3H3,(H,26,27)/b25-15+. The van der Waals surface area contributed by atoms with Crippen LogP contribution in [0.4, 0.5) is 0 Å². The summed E-state index contributed by atoms with van der Waals surface area (Å²) >= 11 is 0. The van der Waals surface area contributed by atoms with Crippen molar-refractivity contribution in [3.63, 3.8) is 0 Å². The van der Waals surface area contributed by atoms with Gasteiger partial charge in [0, 0.05) is 11.1 Å². The monoisotopic (exact) mass is 372 g/mol. The van der Waals surface area contributed by atoms with Crippen LogP contribution in [0.15, 0.2) is 71.8 Å². The van der Waals surface area contributed by atoms with E-state index in [1.54, 1.807) is 30.5 Å². The Bertz CT molecular complexity index is 954. The van der Waals surface area contributed by atoms with Gasteiger partial charge in [0.25, 0.3) is 5.91 Å². The molecule has 4 nitrogen and oxygen atoms in total. The molecule has 0 atom stereocenters. The molecular weight excluding hydrogens is 348 g/mol. The minimum absolute atomic E-state index is 0.256. The summed E-state index contributed by atoms with van der Waals surface area (Å²) in [5, 5.41) is 4.11. The summed E-state index contributed by atoms with van der Waals surface area (Å²) in [6, 6.07) is 21.2. The average Bonchev–Trinajstić information content (AvgIpc) is 2.69. The van der Waals surface area contributed by atoms with Crippen molar-refractivity contribution in [2.45, 2.75) is 27.4 Å². The smallest absolute Gasteiger partial charge is 0.271 e. The number of aryl methyl sites for hydroxylation is 3. The molecule has 0 aliphatic rings. The first kappa shape index (κ1) is 19.4. The van der Waals surface area contributed by atoms with Gasteiger partial charge in [-0.1, -0.05) is 48.0 Å². The van der Waals surface area contributed by atoms with Crippen molar-refractivity contribution in [3.05, 3.63) is 100 Å². The number of ether oxygens (including phenoxy) is 1. The van der Waals surface area contributed by atoms with Gasteiger partial charge in [0.05, 0.1) is 6.21 Å². The van der Waals surface area contributed by atoms with E-state index in [0.29, 0.717) is 12.2 Å². The van der Waals surface area contributed by atoms with E-state index in [1.165, 1.54) is 5.56 Å². The van der Waals surface area contributed by atoms with Crippen molar-refractivity contribution < 1.29 is 9.53 Å². The van der Waals surface area contributed by atoms with Gasteiger partial charge in [-0.25, -0.2) is 5.43 Å². The Morgan fingerprint density at radius 2 is 1.61 bits per heavy atom. The maximum Gasteiger partial charge on any atom is 0.271 e. The second-order valence-corrected chi connectivity index (χ2v) is 6.81. The molecule has 0 spiro atoms. The fourth-order valence-corrected chi connectivity index (χ4v) is 3.06. The predicted octanol–water partition coefficient (Wildman–Crippen LogP) is 4.95. The Balaban J connectivity index is 1.57. The maximum absolute atomic E-state index is 12.3. The highest BCUT2D eigenvalue weighted by Gasteiger charge is 2.05. The van der Waals surface area contributed by atoms with Gasteiger partial charge >= 0.3 is 0 Å². The van der Waals surface area contributed by atoms with Gasteiger partial charge in [-0.15, -0.1) is 0 Å². The summed E-state index contributed by atoms with van der Waals surface area (Å²) in [4.78, 5) is 12.3. The molecule has 0 aromatic heterocycles. The molecule has 0 saturated carbocycles. The van der Waals surface area contributed by atoms with E-state index in [4.69, 9.17) is 4.74 Å². The van der Waals surface area contributed by atoms with Crippen LogP contribution in [0.1, 0.15) is 38.2 Å². The lowest BCUT2D eigenvalue weighted by Crippen LogP contribution is -2.17. The Morgan fingerprint density at radius 1 is 0.964 bits per heavy atom. The zero-order valence-corrected chi connectivity index (χ0v) is 16.4. The summed E-state index contributed by atoms with van der Waals surface area (Å²) in [7, 11) is 0. The number of nitrogens with one attached hydrogen (secondary N) is 1. The number of hydrogen-bond acceptors (Lipinski definition) is 3. The third kappa shape index (κ3) is 5.07. The summed E-state index contributed by atoms with van der Waals surface area (Å²) in [5.41, 5.74) is 8.72. The molecule has 3 aromatic carbocycles. The van der Waals surface area contributed by atoms with E-state index in [-0.39, 0.29) is 5.91 Å². The fraction of sp³-hybridized carbons (Fsp3) is 0.167. The molecule has 0 bridgehead atoms. The number of hydrazone groups is 1. The zero-order chi connectivity index (χ0) is 19.9. The van der Waals surface area contributed by atoms with Gasteiger partial charge < -0.3 is 4.74 Å². The van der Waals surface area contributed by atoms with E-state index < -0.39 is 0 Å². The summed E-state index contributed by atoms with van der Waals surface area (Å²) in [5.74, 6) is 0.461. The van der Waals surface area contributed by atoms with Gasteiger partial charge in [0.2, 0.25) is 0 Å². The second-order valence-electron chi connectivity index (χ2n) is 6.81. The molecule has 1 amide bonds. The molecule has 3 aromatic rings. The second kappa shape index (κ2) is 9.00. The highest BCUT2D eigenvalue weighted by molar-refractivity contribution is 5.95. The largest absolute Gasteiger partial charge is 0.489 e. The molecule has 0 saturated heterocycles. The van der Waals surface area contributed by atoms with E-state index in [1.807, 2.05) is 44.2 Å². The highest BCUT2D eigenvalue weighted by atomic mass is 16.5. The lowest BCUT2D eigenvalue weighted by molar-refractivity contribution is 0.0955. The van der Waals surface area contributed by atoms with Crippen LogP contribution < -0.4 is 10.2 Å². The summed E-state index contributed by atoms with van der Waals surface area (Å²) in [6.45, 7) is 6.64. The normalized spacial score (nSPS) is 10.8. The summed E-state index contributed by atoms with van der Waals surface area (Å²) in [6.07, 6.45) is 1.69. The SMILES string of the molecule is Cc1cc(C)c(/C=N/NC(=O)c2ccc(OCc3ccccc3)cc2)c(C)c1. The van der Waals surface area contributed by atoms with Crippen molar-refractivity contribution in [3.8, 4) is 5.75 Å². The topological polar surface area (TPSA) is 50.7 Å². The highest BCUT2D eigenvalue weighted by Crippen LogP contribution is 2.15. The first-order valence-electron chi connectivity index (χ1n) is 9.21. The van der Waals surface area contributed by atoms with Crippen LogP contribution in [0.25, 0.3) is 0 Å². The van der Waals surface area contributed by atoms with Crippen LogP contribution in [0.5, 0.6) is 5.75 Å². The minimum Gasteiger partial charge on any atom is -0.489 e. The Kier molecular flexibility index (Phi) is 6.22. The number of nitrogens with zero attached hydrogens (tertiary/aromatic N) is 1. The summed E-state index contributed by atoms with van der Waals surface area (Å²) < 4.78 is 5.74. The average molecular weight is 372 g/mol. The van der Waals surface area contributed by atoms with Gasteiger partial charge in [-0.3, -0.25) is 4.79 Å². The first-order chi connectivity index (χ1) is 13.5. The molecule has 28 heavy (non-hydrogen) atoms. The Morgan fingerprint density at radius 3 is 2.25 bits per heavy atom. The molecular formula is C24H24N2O2. The maximum atomic E-state index is 12.3. The van der Waals surface area contributed by atoms with Gasteiger partial charge in [-0.05, 0) is 61.7 Å². The van der Waals surface area contributed by atoms with E-state index in [0.717, 1.165) is 28.0 Å². The van der Waals surface area contributed by atoms with E-state index in [2.05, 4.69) is 29.6 Å². The third-order valence-corrected chi connectivity index (χ3v) is 4.46. The van der Waals surface area contributed by atoms with Crippen molar-refractivity contribution in [2.24, 2.45) is 5.10 Å². The molecule has 0 aliphatic carbocycles. The number of hydrogen-bond donors (Lipinski definition) is 1. The van der Waals surface area contributed by atoms with Crippen LogP contribution in [0.2, 0.25) is 0 Å². The number of carbonyl (C=O) groups excluding carboxylic acids is 1. The zero-order valence-electron chi connectivity index (χ0n) is 16.4. The molecule has 3 rings (SSSR count). The van der Waals surface area contributed by atoms with Gasteiger partial charge in [0.1, 0.15) is 12.4 Å². The molecule has 0 heterocycles. The fourth-order valence-electron chi connectivity index (χ4n) is 3.06. The van der Waals surface area contributed by atoms with Crippen LogP contribution in [0.3, 0.4) is 0 Å². The van der Waals surface area contributed by atoms with E-state index >= 15 is 0 Å². The lowest BCUT2D eigenvalue weighted by Gasteiger charge is -2.08. The minimum atomic E-state index is -0.256. The number of rotatable bonds is 6. The molecule has 0 aliphatic heterocycles. The van der Waals surface area contributed by atoms with Crippen molar-refractivity contribution in [1.82, 2.24) is 5.43 Å². The molecule has 0 unspecified atom stereocenters. The Hall–Kier alpha value is -3.40. The predicted molar refractivity (Wildman–Crippen MR) is 113 cm³/mol. The van der Waals surface area contributed by atoms with Crippen molar-refractivity contribution in [2.75, 3.05) is 0 Å². The van der Waals surface area contributed by atoms with Crippen LogP contribution >= 0.6 is 0 Å². The lowest BCUT2D eigenvalue weighted by atomic mass is 10.0. The number of amides is 1. The molecule has 0 radical (unpaired) electrons. The molecule has 1 N–H and O–H groups in total. The quantitative estimate of drug-likeness (QED) is 0.491. The molecule has 4 heteroatoms. The van der Waals surface area contributed by atoms with Gasteiger partial charge in [0.15, 0.2) is 0 Å². The molecule has 0 fully saturated rings.